The van der Waals surface area contributed by atoms with Crippen molar-refractivity contribution >= 4 is 21.6 Å². The van der Waals surface area contributed by atoms with Gasteiger partial charge in [0.15, 0.2) is 17.3 Å². The fourth-order valence-electron chi connectivity index (χ4n) is 4.07. The van der Waals surface area contributed by atoms with E-state index in [1.807, 2.05) is 18.2 Å². The van der Waals surface area contributed by atoms with Crippen LogP contribution in [0.3, 0.4) is 0 Å². The van der Waals surface area contributed by atoms with E-state index in [1.165, 1.54) is 10.4 Å². The lowest BCUT2D eigenvalue weighted by atomic mass is 9.89. The van der Waals surface area contributed by atoms with Gasteiger partial charge in [0.25, 0.3) is 5.56 Å². The van der Waals surface area contributed by atoms with Gasteiger partial charge in [-0.2, -0.15) is 0 Å². The van der Waals surface area contributed by atoms with Crippen LogP contribution < -0.4 is 20.3 Å². The van der Waals surface area contributed by atoms with Gasteiger partial charge in [0.2, 0.25) is 6.79 Å². The van der Waals surface area contributed by atoms with Crippen LogP contribution in [0, 0.1) is 5.92 Å². The number of benzene rings is 1. The fraction of sp³-hybridized carbons (Fsp3) is 0.429. The van der Waals surface area contributed by atoms with E-state index in [4.69, 9.17) is 14.5 Å². The second-order valence-electron chi connectivity index (χ2n) is 7.90. The molecule has 2 aliphatic rings. The lowest BCUT2D eigenvalue weighted by Gasteiger charge is -2.17. The summed E-state index contributed by atoms with van der Waals surface area (Å²) in [6.07, 6.45) is 3.21. The summed E-state index contributed by atoms with van der Waals surface area (Å²) < 4.78 is 10.8. The molecular weight excluding hydrogens is 374 g/mol. The van der Waals surface area contributed by atoms with E-state index >= 15 is 0 Å². The van der Waals surface area contributed by atoms with Gasteiger partial charge in [-0.05, 0) is 55.9 Å². The SMILES string of the molecule is C[C@@H]1CCc2c(sc3nc([C@H](C)[NH2+]Cc4ccc5c(c4)OCO5)[nH]c(=O)c23)C1. The smallest absolute Gasteiger partial charge is 0.260 e. The van der Waals surface area contributed by atoms with Crippen molar-refractivity contribution in [3.63, 3.8) is 0 Å². The van der Waals surface area contributed by atoms with Gasteiger partial charge in [0, 0.05) is 10.4 Å². The van der Waals surface area contributed by atoms with Crippen LogP contribution in [0.5, 0.6) is 11.5 Å². The number of aromatic nitrogens is 2. The van der Waals surface area contributed by atoms with E-state index in [0.717, 1.165) is 58.9 Å². The molecular formula is C21H24N3O3S+. The summed E-state index contributed by atoms with van der Waals surface area (Å²) in [5.74, 6) is 3.02. The highest BCUT2D eigenvalue weighted by molar-refractivity contribution is 7.18. The first-order valence-electron chi connectivity index (χ1n) is 9.85. The Balaban J connectivity index is 1.37. The van der Waals surface area contributed by atoms with Crippen molar-refractivity contribution in [2.24, 2.45) is 5.92 Å². The predicted octanol–water partition coefficient (Wildman–Crippen LogP) is 2.66. The second kappa shape index (κ2) is 6.90. The highest BCUT2D eigenvalue weighted by Gasteiger charge is 2.24. The zero-order valence-electron chi connectivity index (χ0n) is 16.1. The molecule has 0 saturated heterocycles. The molecule has 1 aliphatic heterocycles. The molecule has 7 heteroatoms. The van der Waals surface area contributed by atoms with Gasteiger partial charge >= 0.3 is 0 Å². The van der Waals surface area contributed by atoms with E-state index < -0.39 is 0 Å². The maximum atomic E-state index is 12.8. The molecule has 0 bridgehead atoms. The number of aryl methyl sites for hydroxylation is 1. The topological polar surface area (TPSA) is 80.8 Å². The third-order valence-corrected chi connectivity index (χ3v) is 6.91. The number of nitrogens with two attached hydrogens (primary N) is 1. The Morgan fingerprint density at radius 3 is 3.11 bits per heavy atom. The van der Waals surface area contributed by atoms with Gasteiger partial charge in [-0.25, -0.2) is 4.98 Å². The van der Waals surface area contributed by atoms with Crippen molar-refractivity contribution in [1.82, 2.24) is 9.97 Å². The molecule has 0 fully saturated rings. The number of nitrogens with one attached hydrogen (secondary N) is 1. The first-order valence-corrected chi connectivity index (χ1v) is 10.7. The Labute approximate surface area is 166 Å². The van der Waals surface area contributed by atoms with Crippen LogP contribution >= 0.6 is 11.3 Å². The number of thiophene rings is 1. The minimum absolute atomic E-state index is 0.00961. The van der Waals surface area contributed by atoms with Gasteiger partial charge in [-0.1, -0.05) is 6.92 Å². The van der Waals surface area contributed by atoms with Crippen LogP contribution in [-0.4, -0.2) is 16.8 Å². The van der Waals surface area contributed by atoms with Crippen molar-refractivity contribution in [3.8, 4) is 11.5 Å². The third kappa shape index (κ3) is 3.08. The fourth-order valence-corrected chi connectivity index (χ4v) is 5.46. The summed E-state index contributed by atoms with van der Waals surface area (Å²) in [5.41, 5.74) is 2.39. The summed E-state index contributed by atoms with van der Waals surface area (Å²) in [4.78, 5) is 22.9. The molecule has 3 N–H and O–H groups in total. The molecule has 3 heterocycles. The van der Waals surface area contributed by atoms with Crippen LogP contribution in [-0.2, 0) is 19.4 Å². The Kier molecular flexibility index (Phi) is 4.36. The molecule has 1 aromatic carbocycles. The van der Waals surface area contributed by atoms with Gasteiger partial charge in [-0.15, -0.1) is 11.3 Å². The highest BCUT2D eigenvalue weighted by Crippen LogP contribution is 2.36. The molecule has 5 rings (SSSR count). The van der Waals surface area contributed by atoms with Crippen LogP contribution in [0.4, 0.5) is 0 Å². The van der Waals surface area contributed by atoms with Gasteiger partial charge in [0.1, 0.15) is 17.4 Å². The zero-order chi connectivity index (χ0) is 19.3. The van der Waals surface area contributed by atoms with Crippen LogP contribution in [0.2, 0.25) is 0 Å². The number of hydrogen-bond acceptors (Lipinski definition) is 5. The molecule has 0 unspecified atom stereocenters. The first kappa shape index (κ1) is 17.7. The molecule has 6 nitrogen and oxygen atoms in total. The number of rotatable bonds is 4. The van der Waals surface area contributed by atoms with Gasteiger partial charge in [-0.3, -0.25) is 4.79 Å². The lowest BCUT2D eigenvalue weighted by molar-refractivity contribution is -0.709. The molecule has 0 amide bonds. The number of nitrogens with zero attached hydrogens (tertiary/aromatic N) is 1. The molecule has 1 aliphatic carbocycles. The van der Waals surface area contributed by atoms with E-state index in [-0.39, 0.29) is 18.4 Å². The molecule has 2 aromatic heterocycles. The number of aromatic amines is 1. The number of hydrogen-bond donors (Lipinski definition) is 2. The summed E-state index contributed by atoms with van der Waals surface area (Å²) in [6, 6.07) is 6.06. The average molecular weight is 399 g/mol. The van der Waals surface area contributed by atoms with Gasteiger partial charge in [0.05, 0.1) is 5.39 Å². The highest BCUT2D eigenvalue weighted by atomic mass is 32.1. The summed E-state index contributed by atoms with van der Waals surface area (Å²) in [7, 11) is 0. The van der Waals surface area contributed by atoms with E-state index in [9.17, 15) is 4.79 Å². The quantitative estimate of drug-likeness (QED) is 0.708. The minimum atomic E-state index is 0.00961. The number of H-pyrrole nitrogens is 1. The number of quaternary nitrogens is 1. The third-order valence-electron chi connectivity index (χ3n) is 5.76. The Morgan fingerprint density at radius 1 is 1.36 bits per heavy atom. The van der Waals surface area contributed by atoms with E-state index in [0.29, 0.717) is 5.92 Å². The summed E-state index contributed by atoms with van der Waals surface area (Å²) in [5, 5.41) is 3.00. The van der Waals surface area contributed by atoms with E-state index in [2.05, 4.69) is 24.1 Å². The molecule has 2 atom stereocenters. The largest absolute Gasteiger partial charge is 0.454 e. The molecule has 0 radical (unpaired) electrons. The van der Waals surface area contributed by atoms with Crippen molar-refractivity contribution in [3.05, 3.63) is 50.4 Å². The van der Waals surface area contributed by atoms with Crippen molar-refractivity contribution in [2.45, 2.75) is 45.7 Å². The van der Waals surface area contributed by atoms with Crippen LogP contribution in [0.1, 0.15) is 48.1 Å². The Hall–Kier alpha value is -2.38. The lowest BCUT2D eigenvalue weighted by Crippen LogP contribution is -2.83. The monoisotopic (exact) mass is 398 g/mol. The molecule has 146 valence electrons. The van der Waals surface area contributed by atoms with Crippen LogP contribution in [0.15, 0.2) is 23.0 Å². The predicted molar refractivity (Wildman–Crippen MR) is 108 cm³/mol. The normalized spacial score (nSPS) is 19.0. The first-order chi connectivity index (χ1) is 13.6. The maximum absolute atomic E-state index is 12.8. The van der Waals surface area contributed by atoms with Crippen molar-refractivity contribution < 1.29 is 14.8 Å². The Bertz CT molecular complexity index is 1100. The van der Waals surface area contributed by atoms with Gasteiger partial charge < -0.3 is 19.8 Å². The number of fused-ring (bicyclic) bond motifs is 4. The summed E-state index contributed by atoms with van der Waals surface area (Å²) in [6.45, 7) is 5.42. The van der Waals surface area contributed by atoms with Crippen molar-refractivity contribution in [1.29, 1.82) is 0 Å². The molecule has 0 spiro atoms. The Morgan fingerprint density at radius 2 is 2.21 bits per heavy atom. The molecule has 0 saturated carbocycles. The second-order valence-corrected chi connectivity index (χ2v) is 8.98. The molecule has 3 aromatic rings. The summed E-state index contributed by atoms with van der Waals surface area (Å²) >= 11 is 1.70. The number of ether oxygens (including phenoxy) is 2. The standard InChI is InChI=1S/C21H23N3O3S/c1-11-3-5-14-17(7-11)28-21-18(14)20(25)23-19(24-21)12(2)22-9-13-4-6-15-16(8-13)27-10-26-15/h4,6,8,11-12,22H,3,5,7,9-10H2,1-2H3,(H,23,24,25)/p+1/t11-,12+/m1/s1. The minimum Gasteiger partial charge on any atom is -0.454 e. The van der Waals surface area contributed by atoms with Crippen molar-refractivity contribution in [2.75, 3.05) is 6.79 Å². The zero-order valence-corrected chi connectivity index (χ0v) is 16.9. The maximum Gasteiger partial charge on any atom is 0.260 e. The van der Waals surface area contributed by atoms with E-state index in [1.54, 1.807) is 11.3 Å². The molecule has 28 heavy (non-hydrogen) atoms. The average Bonchev–Trinajstić information content (AvgIpc) is 3.29. The van der Waals surface area contributed by atoms with Crippen LogP contribution in [0.25, 0.3) is 10.2 Å².